The molecule has 112 valence electrons. The van der Waals surface area contributed by atoms with Crippen molar-refractivity contribution in [3.8, 4) is 0 Å². The minimum atomic E-state index is -0.105. The highest BCUT2D eigenvalue weighted by molar-refractivity contribution is 5.50. The van der Waals surface area contributed by atoms with Crippen LogP contribution in [-0.2, 0) is 0 Å². The summed E-state index contributed by atoms with van der Waals surface area (Å²) >= 11 is 0. The molecule has 1 aliphatic rings. The summed E-state index contributed by atoms with van der Waals surface area (Å²) in [5, 5.41) is 3.31. The molecule has 1 aliphatic heterocycles. The van der Waals surface area contributed by atoms with Crippen LogP contribution in [0.5, 0.6) is 0 Å². The summed E-state index contributed by atoms with van der Waals surface area (Å²) in [4.78, 5) is 4.38. The summed E-state index contributed by atoms with van der Waals surface area (Å²) < 4.78 is 14.3. The maximum absolute atomic E-state index is 14.3. The number of anilines is 1. The highest BCUT2D eigenvalue weighted by Crippen LogP contribution is 2.27. The van der Waals surface area contributed by atoms with Crippen molar-refractivity contribution in [2.75, 3.05) is 38.6 Å². The van der Waals surface area contributed by atoms with Crippen LogP contribution in [0, 0.1) is 5.82 Å². The first kappa shape index (κ1) is 15.3. The monoisotopic (exact) mass is 279 g/mol. The third-order valence-corrected chi connectivity index (χ3v) is 4.22. The van der Waals surface area contributed by atoms with E-state index in [4.69, 9.17) is 0 Å². The predicted molar refractivity (Wildman–Crippen MR) is 82.8 cm³/mol. The molecule has 4 heteroatoms. The zero-order valence-electron chi connectivity index (χ0n) is 13.0. The van der Waals surface area contributed by atoms with E-state index in [0.717, 1.165) is 37.3 Å². The van der Waals surface area contributed by atoms with Crippen LogP contribution in [0.2, 0.25) is 0 Å². The van der Waals surface area contributed by atoms with E-state index in [2.05, 4.69) is 43.1 Å². The molecule has 1 saturated heterocycles. The van der Waals surface area contributed by atoms with Gasteiger partial charge in [0.15, 0.2) is 0 Å². The largest absolute Gasteiger partial charge is 0.368 e. The number of likely N-dealkylation sites (N-methyl/N-ethyl adjacent to an activating group) is 1. The average molecular weight is 279 g/mol. The second-order valence-corrected chi connectivity index (χ2v) is 5.84. The summed E-state index contributed by atoms with van der Waals surface area (Å²) in [5.41, 5.74) is 1.75. The summed E-state index contributed by atoms with van der Waals surface area (Å²) in [6, 6.07) is 6.35. The number of nitrogens with one attached hydrogen (secondary N) is 1. The molecule has 0 bridgehead atoms. The molecule has 0 radical (unpaired) electrons. The lowest BCUT2D eigenvalue weighted by Crippen LogP contribution is -2.31. The lowest BCUT2D eigenvalue weighted by molar-refractivity contribution is 0.315. The second kappa shape index (κ2) is 6.55. The fraction of sp³-hybridized carbons (Fsp3) is 0.625. The number of hydrogen-bond acceptors (Lipinski definition) is 3. The number of rotatable bonds is 5. The highest BCUT2D eigenvalue weighted by atomic mass is 19.1. The number of halogens is 1. The Balaban J connectivity index is 2.10. The van der Waals surface area contributed by atoms with Gasteiger partial charge in [0, 0.05) is 25.2 Å². The van der Waals surface area contributed by atoms with Crippen molar-refractivity contribution < 1.29 is 4.39 Å². The van der Waals surface area contributed by atoms with E-state index in [-0.39, 0.29) is 11.9 Å². The molecule has 1 aromatic carbocycles. The van der Waals surface area contributed by atoms with E-state index in [1.54, 1.807) is 6.07 Å². The van der Waals surface area contributed by atoms with Gasteiger partial charge in [-0.15, -0.1) is 0 Å². The van der Waals surface area contributed by atoms with E-state index in [0.29, 0.717) is 6.04 Å². The van der Waals surface area contributed by atoms with Crippen molar-refractivity contribution in [1.82, 2.24) is 10.2 Å². The molecular weight excluding hydrogens is 253 g/mol. The molecular formula is C16H26FN3. The standard InChI is InChI=1S/C16H26FN3/c1-5-18-12(2)13-6-7-16(15(17)10-13)20-9-8-14(11-20)19(3)4/h6-7,10,12,14,18H,5,8-9,11H2,1-4H3. The SMILES string of the molecule is CCNC(C)c1ccc(N2CCC(N(C)C)C2)c(F)c1. The Morgan fingerprint density at radius 2 is 2.20 bits per heavy atom. The third-order valence-electron chi connectivity index (χ3n) is 4.22. The van der Waals surface area contributed by atoms with E-state index in [1.165, 1.54) is 0 Å². The van der Waals surface area contributed by atoms with Crippen LogP contribution < -0.4 is 10.2 Å². The molecule has 1 fully saturated rings. The minimum absolute atomic E-state index is 0.105. The highest BCUT2D eigenvalue weighted by Gasteiger charge is 2.25. The van der Waals surface area contributed by atoms with E-state index in [9.17, 15) is 4.39 Å². The Labute approximate surface area is 121 Å². The van der Waals surface area contributed by atoms with Crippen molar-refractivity contribution >= 4 is 5.69 Å². The molecule has 0 aromatic heterocycles. The van der Waals surface area contributed by atoms with Gasteiger partial charge in [-0.05, 0) is 51.7 Å². The van der Waals surface area contributed by atoms with Gasteiger partial charge in [0.05, 0.1) is 5.69 Å². The lowest BCUT2D eigenvalue weighted by atomic mass is 10.1. The van der Waals surface area contributed by atoms with Gasteiger partial charge in [0.25, 0.3) is 0 Å². The third kappa shape index (κ3) is 3.30. The van der Waals surface area contributed by atoms with Crippen LogP contribution in [-0.4, -0.2) is 44.7 Å². The van der Waals surface area contributed by atoms with E-state index < -0.39 is 0 Å². The van der Waals surface area contributed by atoms with Crippen LogP contribution in [0.4, 0.5) is 10.1 Å². The van der Waals surface area contributed by atoms with Gasteiger partial charge >= 0.3 is 0 Å². The van der Waals surface area contributed by atoms with Gasteiger partial charge in [-0.1, -0.05) is 13.0 Å². The number of nitrogens with zero attached hydrogens (tertiary/aromatic N) is 2. The van der Waals surface area contributed by atoms with Crippen molar-refractivity contribution in [1.29, 1.82) is 0 Å². The first-order valence-corrected chi connectivity index (χ1v) is 7.47. The van der Waals surface area contributed by atoms with E-state index >= 15 is 0 Å². The van der Waals surface area contributed by atoms with Gasteiger partial charge in [0.1, 0.15) is 5.82 Å². The topological polar surface area (TPSA) is 18.5 Å². The van der Waals surface area contributed by atoms with Crippen LogP contribution in [0.25, 0.3) is 0 Å². The molecule has 0 spiro atoms. The van der Waals surface area contributed by atoms with Crippen molar-refractivity contribution in [3.63, 3.8) is 0 Å². The molecule has 1 heterocycles. The van der Waals surface area contributed by atoms with Gasteiger partial charge in [-0.3, -0.25) is 0 Å². The molecule has 0 saturated carbocycles. The summed E-state index contributed by atoms with van der Waals surface area (Å²) in [6.45, 7) is 6.86. The molecule has 3 nitrogen and oxygen atoms in total. The second-order valence-electron chi connectivity index (χ2n) is 5.84. The Kier molecular flexibility index (Phi) is 5.00. The molecule has 20 heavy (non-hydrogen) atoms. The quantitative estimate of drug-likeness (QED) is 0.894. The van der Waals surface area contributed by atoms with Crippen molar-refractivity contribution in [2.45, 2.75) is 32.4 Å². The molecule has 0 aliphatic carbocycles. The predicted octanol–water partition coefficient (Wildman–Crippen LogP) is 2.64. The van der Waals surface area contributed by atoms with Crippen molar-refractivity contribution in [2.24, 2.45) is 0 Å². The first-order chi connectivity index (χ1) is 9.52. The Morgan fingerprint density at radius 1 is 1.45 bits per heavy atom. The van der Waals surface area contributed by atoms with E-state index in [1.807, 2.05) is 12.1 Å². The molecule has 2 unspecified atom stereocenters. The average Bonchev–Trinajstić information content (AvgIpc) is 2.88. The van der Waals surface area contributed by atoms with Gasteiger partial charge in [0.2, 0.25) is 0 Å². The fourth-order valence-corrected chi connectivity index (χ4v) is 2.86. The van der Waals surface area contributed by atoms with Gasteiger partial charge < -0.3 is 15.1 Å². The smallest absolute Gasteiger partial charge is 0.146 e. The minimum Gasteiger partial charge on any atom is -0.368 e. The zero-order valence-corrected chi connectivity index (χ0v) is 13.0. The molecule has 2 rings (SSSR count). The zero-order chi connectivity index (χ0) is 14.7. The Hall–Kier alpha value is -1.13. The normalized spacial score (nSPS) is 20.7. The molecule has 1 aromatic rings. The van der Waals surface area contributed by atoms with Gasteiger partial charge in [-0.25, -0.2) is 4.39 Å². The number of benzene rings is 1. The summed E-state index contributed by atoms with van der Waals surface area (Å²) in [7, 11) is 4.18. The Bertz CT molecular complexity index is 447. The first-order valence-electron chi connectivity index (χ1n) is 7.47. The van der Waals surface area contributed by atoms with Crippen LogP contribution >= 0.6 is 0 Å². The fourth-order valence-electron chi connectivity index (χ4n) is 2.86. The van der Waals surface area contributed by atoms with Crippen LogP contribution in [0.15, 0.2) is 18.2 Å². The molecule has 1 N–H and O–H groups in total. The summed E-state index contributed by atoms with van der Waals surface area (Å²) in [5.74, 6) is -0.105. The summed E-state index contributed by atoms with van der Waals surface area (Å²) in [6.07, 6.45) is 1.10. The number of hydrogen-bond donors (Lipinski definition) is 1. The maximum Gasteiger partial charge on any atom is 0.146 e. The lowest BCUT2D eigenvalue weighted by Gasteiger charge is -2.23. The van der Waals surface area contributed by atoms with Crippen molar-refractivity contribution in [3.05, 3.63) is 29.6 Å². The van der Waals surface area contributed by atoms with Gasteiger partial charge in [-0.2, -0.15) is 0 Å². The Morgan fingerprint density at radius 3 is 2.75 bits per heavy atom. The van der Waals surface area contributed by atoms with Crippen LogP contribution in [0.1, 0.15) is 31.9 Å². The molecule has 2 atom stereocenters. The maximum atomic E-state index is 14.3. The molecule has 0 amide bonds. The van der Waals surface area contributed by atoms with Crippen LogP contribution in [0.3, 0.4) is 0 Å².